The maximum absolute atomic E-state index is 5.06. The van der Waals surface area contributed by atoms with Crippen LogP contribution in [0.5, 0.6) is 0 Å². The van der Waals surface area contributed by atoms with Crippen molar-refractivity contribution in [2.75, 3.05) is 19.0 Å². The Bertz CT molecular complexity index is 1250. The minimum absolute atomic E-state index is 0. The fourth-order valence-electron chi connectivity index (χ4n) is 3.60. The molecular formula is C28H31N5Pt. The molecule has 178 valence electrons. The molecule has 0 fully saturated rings. The third kappa shape index (κ3) is 5.31. The summed E-state index contributed by atoms with van der Waals surface area (Å²) in [5.74, 6) is 0. The number of hydrogen-bond donors (Lipinski definition) is 0. The predicted octanol–water partition coefficient (Wildman–Crippen LogP) is 5.62. The van der Waals surface area contributed by atoms with E-state index in [1.165, 1.54) is 0 Å². The number of nitrogens with zero attached hydrogens (tertiary/aromatic N) is 5. The molecule has 34 heavy (non-hydrogen) atoms. The molecule has 6 heteroatoms. The van der Waals surface area contributed by atoms with Crippen molar-refractivity contribution in [3.05, 3.63) is 90.0 Å². The average Bonchev–Trinajstić information content (AvgIpc) is 3.30. The molecule has 0 spiro atoms. The normalized spacial score (nSPS) is 11.7. The standard InChI is InChI=1S/C28H31N5.Pt/c1-27(2,3)24-15-11-14-22(29-24)23-18-21(32(6)7)19-26(30-23)28(4,5)25-16-17-33(31-25)20-12-9-8-10-13-20;/h8-12,15-19H,1-7H3;/q-2;+2. The van der Waals surface area contributed by atoms with Gasteiger partial charge < -0.3 is 9.88 Å². The van der Waals surface area contributed by atoms with Crippen LogP contribution in [0.2, 0.25) is 0 Å². The second kappa shape index (κ2) is 9.83. The summed E-state index contributed by atoms with van der Waals surface area (Å²) in [6.45, 7) is 10.8. The number of pyridine rings is 2. The zero-order valence-corrected chi connectivity index (χ0v) is 23.1. The van der Waals surface area contributed by atoms with Crippen LogP contribution in [0.25, 0.3) is 17.1 Å². The van der Waals surface area contributed by atoms with Crippen LogP contribution in [-0.2, 0) is 31.9 Å². The summed E-state index contributed by atoms with van der Waals surface area (Å²) in [6, 6.07) is 24.6. The van der Waals surface area contributed by atoms with Crippen molar-refractivity contribution in [3.63, 3.8) is 0 Å². The average molecular weight is 633 g/mol. The van der Waals surface area contributed by atoms with Gasteiger partial charge in [0.1, 0.15) is 0 Å². The van der Waals surface area contributed by atoms with Crippen molar-refractivity contribution < 1.29 is 21.1 Å². The molecule has 0 saturated heterocycles. The van der Waals surface area contributed by atoms with Gasteiger partial charge in [0.15, 0.2) is 0 Å². The maximum atomic E-state index is 5.06. The Kier molecular flexibility index (Phi) is 7.47. The summed E-state index contributed by atoms with van der Waals surface area (Å²) in [6.07, 6.45) is 1.97. The second-order valence-corrected chi connectivity index (χ2v) is 10.1. The van der Waals surface area contributed by atoms with E-state index in [4.69, 9.17) is 15.1 Å². The van der Waals surface area contributed by atoms with E-state index >= 15 is 0 Å². The predicted molar refractivity (Wildman–Crippen MR) is 134 cm³/mol. The quantitative estimate of drug-likeness (QED) is 0.268. The molecule has 3 heterocycles. The molecule has 3 aromatic heterocycles. The molecule has 0 amide bonds. The summed E-state index contributed by atoms with van der Waals surface area (Å²) < 4.78 is 1.86. The fourth-order valence-corrected chi connectivity index (χ4v) is 3.60. The van der Waals surface area contributed by atoms with Gasteiger partial charge >= 0.3 is 21.1 Å². The Morgan fingerprint density at radius 1 is 0.824 bits per heavy atom. The van der Waals surface area contributed by atoms with Gasteiger partial charge in [-0.05, 0) is 54.2 Å². The Labute approximate surface area is 217 Å². The van der Waals surface area contributed by atoms with Gasteiger partial charge in [0.05, 0.1) is 5.69 Å². The maximum Gasteiger partial charge on any atom is 2.00 e. The largest absolute Gasteiger partial charge is 2.00 e. The van der Waals surface area contributed by atoms with E-state index < -0.39 is 5.41 Å². The molecule has 5 nitrogen and oxygen atoms in total. The smallest absolute Gasteiger partial charge is 0.378 e. The van der Waals surface area contributed by atoms with E-state index in [0.717, 1.165) is 39.8 Å². The van der Waals surface area contributed by atoms with Gasteiger partial charge in [0.25, 0.3) is 0 Å². The molecule has 0 bridgehead atoms. The van der Waals surface area contributed by atoms with Gasteiger partial charge in [-0.15, -0.1) is 12.1 Å². The molecule has 0 aliphatic heterocycles. The van der Waals surface area contributed by atoms with E-state index in [9.17, 15) is 0 Å². The fraction of sp³-hybridized carbons (Fsp3) is 0.321. The van der Waals surface area contributed by atoms with Crippen molar-refractivity contribution in [1.29, 1.82) is 0 Å². The Hall–Kier alpha value is -2.78. The van der Waals surface area contributed by atoms with Crippen LogP contribution >= 0.6 is 0 Å². The number of aromatic nitrogens is 4. The molecule has 0 radical (unpaired) electrons. The van der Waals surface area contributed by atoms with E-state index in [2.05, 4.69) is 69.9 Å². The van der Waals surface area contributed by atoms with Crippen LogP contribution in [0.4, 0.5) is 5.69 Å². The van der Waals surface area contributed by atoms with Crippen LogP contribution in [0.1, 0.15) is 51.7 Å². The van der Waals surface area contributed by atoms with E-state index in [1.54, 1.807) is 0 Å². The van der Waals surface area contributed by atoms with Gasteiger partial charge in [-0.2, -0.15) is 41.5 Å². The van der Waals surface area contributed by atoms with Crippen LogP contribution in [0, 0.1) is 12.1 Å². The first-order chi connectivity index (χ1) is 15.6. The van der Waals surface area contributed by atoms with Crippen LogP contribution < -0.4 is 4.90 Å². The first-order valence-electron chi connectivity index (χ1n) is 11.2. The van der Waals surface area contributed by atoms with Crippen molar-refractivity contribution in [3.8, 4) is 17.1 Å². The van der Waals surface area contributed by atoms with E-state index in [-0.39, 0.29) is 26.5 Å². The summed E-state index contributed by atoms with van der Waals surface area (Å²) in [5.41, 5.74) is 5.97. The van der Waals surface area contributed by atoms with Gasteiger partial charge in [0, 0.05) is 37.1 Å². The molecule has 0 N–H and O–H groups in total. The minimum atomic E-state index is -0.414. The zero-order chi connectivity index (χ0) is 23.8. The zero-order valence-electron chi connectivity index (χ0n) is 20.8. The molecule has 4 aromatic rings. The summed E-state index contributed by atoms with van der Waals surface area (Å²) >= 11 is 0. The number of anilines is 1. The number of benzene rings is 1. The Morgan fingerprint density at radius 3 is 2.24 bits per heavy atom. The first-order valence-corrected chi connectivity index (χ1v) is 11.2. The second-order valence-electron chi connectivity index (χ2n) is 10.1. The summed E-state index contributed by atoms with van der Waals surface area (Å²) in [5, 5.41) is 4.86. The van der Waals surface area contributed by atoms with Gasteiger partial charge in [-0.1, -0.05) is 26.8 Å². The summed E-state index contributed by atoms with van der Waals surface area (Å²) in [4.78, 5) is 12.0. The number of para-hydroxylation sites is 1. The molecule has 0 aliphatic rings. The Morgan fingerprint density at radius 2 is 1.59 bits per heavy atom. The van der Waals surface area contributed by atoms with E-state index in [0.29, 0.717) is 0 Å². The number of hydrogen-bond acceptors (Lipinski definition) is 4. The summed E-state index contributed by atoms with van der Waals surface area (Å²) in [7, 11) is 4.08. The SMILES string of the molecule is CN(C)c1cc(-c2[c-]ccc(C(C)(C)C)n2)nc(C(C)(C)c2ccn(-c3[c-]cccc3)n2)c1.[Pt+2]. The van der Waals surface area contributed by atoms with Gasteiger partial charge in [-0.25, -0.2) is 0 Å². The van der Waals surface area contributed by atoms with Gasteiger partial charge in [-0.3, -0.25) is 9.67 Å². The monoisotopic (exact) mass is 632 g/mol. The topological polar surface area (TPSA) is 46.8 Å². The molecule has 1 aromatic carbocycles. The van der Waals surface area contributed by atoms with Crippen molar-refractivity contribution >= 4 is 5.69 Å². The minimum Gasteiger partial charge on any atom is -0.378 e. The molecule has 0 unspecified atom stereocenters. The van der Waals surface area contributed by atoms with Crippen molar-refractivity contribution in [2.24, 2.45) is 0 Å². The van der Waals surface area contributed by atoms with Crippen LogP contribution in [-0.4, -0.2) is 33.8 Å². The van der Waals surface area contributed by atoms with Crippen molar-refractivity contribution in [1.82, 2.24) is 19.7 Å². The molecule has 0 saturated carbocycles. The number of rotatable bonds is 5. The Balaban J connectivity index is 0.00000324. The van der Waals surface area contributed by atoms with E-state index in [1.807, 2.05) is 61.4 Å². The molecule has 4 rings (SSSR count). The third-order valence-corrected chi connectivity index (χ3v) is 5.84. The molecule has 0 atom stereocenters. The van der Waals surface area contributed by atoms with Crippen LogP contribution in [0.15, 0.2) is 60.8 Å². The van der Waals surface area contributed by atoms with Gasteiger partial charge in [0.2, 0.25) is 0 Å². The van der Waals surface area contributed by atoms with Crippen LogP contribution in [0.3, 0.4) is 0 Å². The van der Waals surface area contributed by atoms with Crippen molar-refractivity contribution in [2.45, 2.75) is 45.4 Å². The molecule has 0 aliphatic carbocycles. The molecular weight excluding hydrogens is 601 g/mol. The third-order valence-electron chi connectivity index (χ3n) is 5.84. The first kappa shape index (κ1) is 25.8.